The van der Waals surface area contributed by atoms with Crippen molar-refractivity contribution < 1.29 is 37.1 Å². The van der Waals surface area contributed by atoms with Crippen LogP contribution in [0, 0.1) is 17.8 Å². The van der Waals surface area contributed by atoms with E-state index in [1.807, 2.05) is 54.6 Å². The highest BCUT2D eigenvalue weighted by Gasteiger charge is 2.62. The molecule has 4 saturated carbocycles. The molecule has 3 aromatic rings. The van der Waals surface area contributed by atoms with Crippen LogP contribution in [-0.2, 0) is 35.7 Å². The Morgan fingerprint density at radius 3 is 2.42 bits per heavy atom. The maximum atomic E-state index is 15.0. The molecule has 4 amide bonds. The number of hydrogen-bond acceptors (Lipinski definition) is 10. The van der Waals surface area contributed by atoms with Gasteiger partial charge in [-0.25, -0.2) is 13.2 Å². The standard InChI is InChI=1S/C46H54N6O9S/c1-2-32-26-46(32,43(56)50-62(58,59)34-20-21-34)49-40(53)37-25-33-27-52(37)42(55)39(30-15-8-9-16-30)48-45(57)61-38-18-11-17-29(38)14-7-4-10-23-51-41(54)35-22-19-31(28-12-5-3-6-13-28)24-36(35)47-44(51)60-33/h2-6,10,12-13,19,22,24,29-30,32-34,37-39H,1,7-9,11,14-18,20-21,23,25-27H2,(H,48,57)(H,49,53)(H,50,56)/t29-,32-,33-,37+,38-,39+,46-/m1/s1. The molecule has 1 saturated heterocycles. The number of nitrogens with zero attached hydrogens (tertiary/aromatic N) is 3. The number of sulfonamides is 1. The summed E-state index contributed by atoms with van der Waals surface area (Å²) in [6.07, 6.45) is 11.7. The predicted octanol–water partition coefficient (Wildman–Crippen LogP) is 4.88. The van der Waals surface area contributed by atoms with Crippen LogP contribution < -0.4 is 25.7 Å². The summed E-state index contributed by atoms with van der Waals surface area (Å²) in [5.74, 6) is -2.65. The van der Waals surface area contributed by atoms with Gasteiger partial charge in [-0.3, -0.25) is 28.5 Å². The van der Waals surface area contributed by atoms with Gasteiger partial charge in [0, 0.05) is 18.9 Å². The fourth-order valence-corrected chi connectivity index (χ4v) is 11.4. The van der Waals surface area contributed by atoms with E-state index in [4.69, 9.17) is 14.5 Å². The topological polar surface area (TPSA) is 195 Å². The van der Waals surface area contributed by atoms with E-state index in [0.717, 1.165) is 43.2 Å². The van der Waals surface area contributed by atoms with Crippen molar-refractivity contribution in [1.29, 1.82) is 0 Å². The second kappa shape index (κ2) is 17.0. The van der Waals surface area contributed by atoms with Crippen LogP contribution in [0.15, 0.2) is 78.1 Å². The molecule has 0 unspecified atom stereocenters. The van der Waals surface area contributed by atoms with E-state index in [1.54, 1.807) is 6.07 Å². The molecule has 2 aromatic carbocycles. The lowest BCUT2D eigenvalue weighted by molar-refractivity contribution is -0.142. The second-order valence-corrected chi connectivity index (χ2v) is 19.9. The lowest BCUT2D eigenvalue weighted by Crippen LogP contribution is -2.59. The minimum absolute atomic E-state index is 0.0249. The minimum atomic E-state index is -3.93. The molecule has 7 atom stereocenters. The van der Waals surface area contributed by atoms with E-state index in [2.05, 4.69) is 21.9 Å². The highest BCUT2D eigenvalue weighted by Crippen LogP contribution is 2.46. The van der Waals surface area contributed by atoms with Crippen LogP contribution in [0.25, 0.3) is 22.0 Å². The predicted molar refractivity (Wildman–Crippen MR) is 230 cm³/mol. The quantitative estimate of drug-likeness (QED) is 0.263. The zero-order chi connectivity index (χ0) is 43.2. The summed E-state index contributed by atoms with van der Waals surface area (Å²) in [7, 11) is -3.93. The van der Waals surface area contributed by atoms with Gasteiger partial charge < -0.3 is 25.0 Å². The number of carbonyl (C=O) groups excluding carboxylic acids is 4. The number of aromatic nitrogens is 2. The monoisotopic (exact) mass is 866 g/mol. The normalized spacial score (nSPS) is 29.3. The summed E-state index contributed by atoms with van der Waals surface area (Å²) in [5, 5.41) is 5.51. The van der Waals surface area contributed by atoms with E-state index >= 15 is 0 Å². The van der Waals surface area contributed by atoms with E-state index in [1.165, 1.54) is 15.5 Å². The van der Waals surface area contributed by atoms with Gasteiger partial charge in [-0.05, 0) is 99.3 Å². The molecule has 328 valence electrons. The van der Waals surface area contributed by atoms with Crippen molar-refractivity contribution in [1.82, 2.24) is 29.8 Å². The van der Waals surface area contributed by atoms with Gasteiger partial charge in [-0.1, -0.05) is 67.5 Å². The number of fused-ring (bicyclic) bond motifs is 5. The lowest BCUT2D eigenvalue weighted by atomic mass is 9.96. The van der Waals surface area contributed by atoms with Gasteiger partial charge in [0.25, 0.3) is 17.5 Å². The van der Waals surface area contributed by atoms with E-state index in [-0.39, 0.29) is 55.4 Å². The number of ether oxygens (including phenoxy) is 2. The molecule has 3 heterocycles. The molecule has 62 heavy (non-hydrogen) atoms. The van der Waals surface area contributed by atoms with Gasteiger partial charge in [0.05, 0.1) is 22.7 Å². The number of amides is 4. The number of hydrogen-bond donors (Lipinski definition) is 3. The largest absolute Gasteiger partial charge is 0.459 e. The molecule has 1 aromatic heterocycles. The minimum Gasteiger partial charge on any atom is -0.459 e. The molecule has 2 aliphatic heterocycles. The average molecular weight is 867 g/mol. The molecule has 3 N–H and O–H groups in total. The van der Waals surface area contributed by atoms with Crippen LogP contribution in [-0.4, -0.2) is 88.3 Å². The number of carbonyl (C=O) groups is 4. The summed E-state index contributed by atoms with van der Waals surface area (Å²) in [4.78, 5) is 77.6. The van der Waals surface area contributed by atoms with Crippen LogP contribution in [0.4, 0.5) is 4.79 Å². The smallest absolute Gasteiger partial charge is 0.408 e. The van der Waals surface area contributed by atoms with Crippen LogP contribution in [0.2, 0.25) is 0 Å². The zero-order valence-electron chi connectivity index (χ0n) is 34.7. The molecule has 2 bridgehead atoms. The number of rotatable bonds is 8. The highest BCUT2D eigenvalue weighted by atomic mass is 32.2. The van der Waals surface area contributed by atoms with Gasteiger partial charge in [-0.2, -0.15) is 4.98 Å². The third-order valence-corrected chi connectivity index (χ3v) is 15.6. The first-order valence-electron chi connectivity index (χ1n) is 22.1. The highest BCUT2D eigenvalue weighted by molar-refractivity contribution is 7.91. The van der Waals surface area contributed by atoms with Crippen molar-refractivity contribution in [3.05, 3.63) is 83.7 Å². The van der Waals surface area contributed by atoms with Crippen molar-refractivity contribution in [2.75, 3.05) is 6.54 Å². The Morgan fingerprint density at radius 2 is 1.68 bits per heavy atom. The van der Waals surface area contributed by atoms with Crippen LogP contribution in [0.3, 0.4) is 0 Å². The molecule has 16 heteroatoms. The summed E-state index contributed by atoms with van der Waals surface area (Å²) in [6.45, 7) is 3.86. The maximum absolute atomic E-state index is 15.0. The Labute approximate surface area is 360 Å². The first-order chi connectivity index (χ1) is 29.9. The number of benzene rings is 2. The first-order valence-corrected chi connectivity index (χ1v) is 23.7. The second-order valence-electron chi connectivity index (χ2n) is 17.9. The third-order valence-electron chi connectivity index (χ3n) is 13.8. The summed E-state index contributed by atoms with van der Waals surface area (Å²) in [6, 6.07) is 13.1. The van der Waals surface area contributed by atoms with Crippen LogP contribution >= 0.6 is 0 Å². The average Bonchev–Trinajstić information content (AvgIpc) is 4.05. The molecule has 0 spiro atoms. The van der Waals surface area contributed by atoms with Gasteiger partial charge in [0.1, 0.15) is 29.8 Å². The summed E-state index contributed by atoms with van der Waals surface area (Å²) >= 11 is 0. The molecule has 4 aliphatic carbocycles. The molecule has 15 nitrogen and oxygen atoms in total. The first kappa shape index (κ1) is 41.8. The third kappa shape index (κ3) is 8.37. The molecular weight excluding hydrogens is 813 g/mol. The van der Waals surface area contributed by atoms with E-state index in [0.29, 0.717) is 49.4 Å². The zero-order valence-corrected chi connectivity index (χ0v) is 35.5. The fraction of sp³-hybridized carbons (Fsp3) is 0.522. The van der Waals surface area contributed by atoms with Crippen molar-refractivity contribution in [2.45, 2.75) is 125 Å². The Balaban J connectivity index is 1.08. The van der Waals surface area contributed by atoms with Gasteiger partial charge in [0.15, 0.2) is 0 Å². The van der Waals surface area contributed by atoms with Gasteiger partial charge in [0.2, 0.25) is 21.8 Å². The lowest BCUT2D eigenvalue weighted by Gasteiger charge is -2.32. The summed E-state index contributed by atoms with van der Waals surface area (Å²) < 4.78 is 42.0. The van der Waals surface area contributed by atoms with Crippen molar-refractivity contribution >= 4 is 44.7 Å². The van der Waals surface area contributed by atoms with Crippen molar-refractivity contribution in [3.63, 3.8) is 0 Å². The van der Waals surface area contributed by atoms with Gasteiger partial charge >= 0.3 is 6.09 Å². The molecule has 9 rings (SSSR count). The van der Waals surface area contributed by atoms with E-state index in [9.17, 15) is 32.4 Å². The Kier molecular flexibility index (Phi) is 11.5. The Bertz CT molecular complexity index is 2460. The maximum Gasteiger partial charge on any atom is 0.408 e. The van der Waals surface area contributed by atoms with Gasteiger partial charge in [-0.15, -0.1) is 6.58 Å². The number of alkyl carbamates (subject to hydrolysis) is 1. The molecular formula is C46H54N6O9S. The van der Waals surface area contributed by atoms with E-state index < -0.39 is 68.7 Å². The van der Waals surface area contributed by atoms with Crippen LogP contribution in [0.5, 0.6) is 6.01 Å². The number of nitrogens with one attached hydrogen (secondary N) is 3. The molecule has 0 radical (unpaired) electrons. The Morgan fingerprint density at radius 1 is 0.903 bits per heavy atom. The fourth-order valence-electron chi connectivity index (χ4n) is 10.1. The SMILES string of the molecule is C=C[C@@H]1C[C@]1(NC(=O)[C@@H]1C[C@@H]2CN1C(=O)[C@H](C1CCCC1)NC(=O)O[C@@H]1CCC[C@H]1CCC=CCn1c(nc3cc(-c4ccccc4)ccc3c1=O)O2)C(=O)NS(=O)(=O)C1CC1. The number of allylic oxidation sites excluding steroid dienone is 2. The van der Waals surface area contributed by atoms with Crippen molar-refractivity contribution in [3.8, 4) is 17.1 Å². The van der Waals surface area contributed by atoms with Crippen LogP contribution in [0.1, 0.15) is 83.5 Å². The van der Waals surface area contributed by atoms with Crippen molar-refractivity contribution in [2.24, 2.45) is 17.8 Å². The molecule has 5 fully saturated rings. The Hall–Kier alpha value is -5.51. The summed E-state index contributed by atoms with van der Waals surface area (Å²) in [5.41, 5.74) is 0.329. The molecule has 6 aliphatic rings.